The Hall–Kier alpha value is -1.48. The topological polar surface area (TPSA) is 38.9 Å². The molecule has 1 heterocycles. The second-order valence-corrected chi connectivity index (χ2v) is 3.25. The van der Waals surface area contributed by atoms with Gasteiger partial charge in [-0.2, -0.15) is 0 Å². The summed E-state index contributed by atoms with van der Waals surface area (Å²) < 4.78 is 13.3. The molecule has 0 fully saturated rings. The summed E-state index contributed by atoms with van der Waals surface area (Å²) in [6, 6.07) is 6.82. The number of benzene rings is 1. The first kappa shape index (κ1) is 9.09. The van der Waals surface area contributed by atoms with Crippen LogP contribution in [-0.2, 0) is 6.54 Å². The second-order valence-electron chi connectivity index (χ2n) is 3.25. The van der Waals surface area contributed by atoms with E-state index in [0.29, 0.717) is 12.1 Å². The van der Waals surface area contributed by atoms with Crippen molar-refractivity contribution >= 4 is 10.9 Å². The van der Waals surface area contributed by atoms with Crippen molar-refractivity contribution in [2.75, 3.05) is 0 Å². The van der Waals surface area contributed by atoms with Crippen LogP contribution in [0.15, 0.2) is 24.3 Å². The van der Waals surface area contributed by atoms with Crippen molar-refractivity contribution in [3.8, 4) is 0 Å². The Bertz CT molecular complexity index is 480. The molecule has 0 saturated heterocycles. The van der Waals surface area contributed by atoms with Crippen LogP contribution < -0.4 is 5.73 Å². The van der Waals surface area contributed by atoms with Gasteiger partial charge in [0.25, 0.3) is 0 Å². The predicted octanol–water partition coefficient (Wildman–Crippen LogP) is 2.14. The van der Waals surface area contributed by atoms with E-state index < -0.39 is 0 Å². The lowest BCUT2D eigenvalue weighted by Gasteiger charge is -2.05. The van der Waals surface area contributed by atoms with Gasteiger partial charge in [-0.15, -0.1) is 0 Å². The Morgan fingerprint density at radius 1 is 1.43 bits per heavy atom. The lowest BCUT2D eigenvalue weighted by molar-refractivity contribution is 0.636. The van der Waals surface area contributed by atoms with Gasteiger partial charge in [0.2, 0.25) is 0 Å². The van der Waals surface area contributed by atoms with E-state index >= 15 is 0 Å². The summed E-state index contributed by atoms with van der Waals surface area (Å²) in [5.41, 5.74) is 7.72. The van der Waals surface area contributed by atoms with Crippen LogP contribution in [0.1, 0.15) is 11.3 Å². The summed E-state index contributed by atoms with van der Waals surface area (Å²) in [5.74, 6) is -0.283. The fraction of sp³-hybridized carbons (Fsp3) is 0.182. The van der Waals surface area contributed by atoms with Crippen LogP contribution in [0, 0.1) is 12.7 Å². The van der Waals surface area contributed by atoms with E-state index in [1.54, 1.807) is 6.07 Å². The normalized spacial score (nSPS) is 10.8. The molecule has 0 saturated carbocycles. The van der Waals surface area contributed by atoms with Gasteiger partial charge in [0, 0.05) is 17.6 Å². The van der Waals surface area contributed by atoms with Crippen LogP contribution in [-0.4, -0.2) is 4.98 Å². The van der Waals surface area contributed by atoms with Gasteiger partial charge < -0.3 is 5.73 Å². The van der Waals surface area contributed by atoms with Gasteiger partial charge in [-0.25, -0.2) is 9.37 Å². The van der Waals surface area contributed by atoms with Crippen LogP contribution in [0.25, 0.3) is 10.9 Å². The molecule has 2 aromatic rings. The molecular formula is C11H11FN2. The first-order chi connectivity index (χ1) is 6.72. The Kier molecular flexibility index (Phi) is 2.17. The number of hydrogen-bond acceptors (Lipinski definition) is 2. The number of nitrogens with two attached hydrogens (primary N) is 1. The average molecular weight is 190 g/mol. The van der Waals surface area contributed by atoms with Crippen molar-refractivity contribution in [1.29, 1.82) is 0 Å². The monoisotopic (exact) mass is 190 g/mol. The molecule has 1 aromatic heterocycles. The molecule has 0 atom stereocenters. The SMILES string of the molecule is Cc1nc2c(F)cccc2cc1CN. The van der Waals surface area contributed by atoms with Crippen molar-refractivity contribution in [3.05, 3.63) is 41.3 Å². The number of rotatable bonds is 1. The first-order valence-electron chi connectivity index (χ1n) is 4.47. The summed E-state index contributed by atoms with van der Waals surface area (Å²) in [6.07, 6.45) is 0. The Balaban J connectivity index is 2.79. The van der Waals surface area contributed by atoms with Crippen LogP contribution in [0.5, 0.6) is 0 Å². The highest BCUT2D eigenvalue weighted by Gasteiger charge is 2.04. The van der Waals surface area contributed by atoms with E-state index in [1.807, 2.05) is 19.1 Å². The molecule has 0 bridgehead atoms. The maximum Gasteiger partial charge on any atom is 0.149 e. The third kappa shape index (κ3) is 1.36. The predicted molar refractivity (Wildman–Crippen MR) is 54.3 cm³/mol. The molecule has 0 aliphatic heterocycles. The molecule has 1 aromatic carbocycles. The van der Waals surface area contributed by atoms with Crippen LogP contribution in [0.2, 0.25) is 0 Å². The highest BCUT2D eigenvalue weighted by Crippen LogP contribution is 2.18. The lowest BCUT2D eigenvalue weighted by Crippen LogP contribution is -2.01. The van der Waals surface area contributed by atoms with E-state index in [2.05, 4.69) is 4.98 Å². The zero-order valence-electron chi connectivity index (χ0n) is 7.92. The smallest absolute Gasteiger partial charge is 0.149 e. The number of para-hydroxylation sites is 1. The van der Waals surface area contributed by atoms with Crippen LogP contribution >= 0.6 is 0 Å². The van der Waals surface area contributed by atoms with Gasteiger partial charge in [0.05, 0.1) is 0 Å². The van der Waals surface area contributed by atoms with Gasteiger partial charge in [0.15, 0.2) is 0 Å². The van der Waals surface area contributed by atoms with Crippen molar-refractivity contribution < 1.29 is 4.39 Å². The summed E-state index contributed by atoms with van der Waals surface area (Å²) in [6.45, 7) is 2.28. The third-order valence-electron chi connectivity index (χ3n) is 2.31. The number of halogens is 1. The summed E-state index contributed by atoms with van der Waals surface area (Å²) in [4.78, 5) is 4.19. The van der Waals surface area contributed by atoms with Crippen molar-refractivity contribution in [3.63, 3.8) is 0 Å². The van der Waals surface area contributed by atoms with E-state index in [0.717, 1.165) is 16.6 Å². The quantitative estimate of drug-likeness (QED) is 0.748. The minimum atomic E-state index is -0.283. The number of aromatic nitrogens is 1. The van der Waals surface area contributed by atoms with Crippen LogP contribution in [0.4, 0.5) is 4.39 Å². The van der Waals surface area contributed by atoms with Crippen molar-refractivity contribution in [2.24, 2.45) is 5.73 Å². The molecule has 0 spiro atoms. The molecule has 0 radical (unpaired) electrons. The zero-order valence-corrected chi connectivity index (χ0v) is 7.92. The highest BCUT2D eigenvalue weighted by molar-refractivity contribution is 5.80. The summed E-state index contributed by atoms with van der Waals surface area (Å²) in [5, 5.41) is 0.802. The molecule has 0 amide bonds. The Labute approximate surface area is 81.6 Å². The minimum absolute atomic E-state index is 0.283. The van der Waals surface area contributed by atoms with E-state index in [9.17, 15) is 4.39 Å². The molecule has 2 rings (SSSR count). The molecule has 72 valence electrons. The fourth-order valence-electron chi connectivity index (χ4n) is 1.50. The minimum Gasteiger partial charge on any atom is -0.326 e. The van der Waals surface area contributed by atoms with Gasteiger partial charge in [-0.05, 0) is 24.6 Å². The zero-order chi connectivity index (χ0) is 10.1. The molecule has 14 heavy (non-hydrogen) atoms. The van der Waals surface area contributed by atoms with E-state index in [1.165, 1.54) is 6.07 Å². The number of aryl methyl sites for hydroxylation is 1. The van der Waals surface area contributed by atoms with Gasteiger partial charge in [0.1, 0.15) is 11.3 Å². The summed E-state index contributed by atoms with van der Waals surface area (Å²) >= 11 is 0. The molecule has 2 nitrogen and oxygen atoms in total. The number of nitrogens with zero attached hydrogens (tertiary/aromatic N) is 1. The van der Waals surface area contributed by atoms with Gasteiger partial charge >= 0.3 is 0 Å². The Morgan fingerprint density at radius 3 is 2.93 bits per heavy atom. The standard InChI is InChI=1S/C11H11FN2/c1-7-9(6-13)5-8-3-2-4-10(12)11(8)14-7/h2-5H,6,13H2,1H3. The van der Waals surface area contributed by atoms with Crippen molar-refractivity contribution in [2.45, 2.75) is 13.5 Å². The molecule has 3 heteroatoms. The molecule has 0 aliphatic rings. The third-order valence-corrected chi connectivity index (χ3v) is 2.31. The summed E-state index contributed by atoms with van der Waals surface area (Å²) in [7, 11) is 0. The molecular weight excluding hydrogens is 179 g/mol. The van der Waals surface area contributed by atoms with E-state index in [-0.39, 0.29) is 5.82 Å². The van der Waals surface area contributed by atoms with Gasteiger partial charge in [-0.3, -0.25) is 0 Å². The average Bonchev–Trinajstić information content (AvgIpc) is 2.19. The maximum absolute atomic E-state index is 13.3. The van der Waals surface area contributed by atoms with Crippen molar-refractivity contribution in [1.82, 2.24) is 4.98 Å². The maximum atomic E-state index is 13.3. The molecule has 0 unspecified atom stereocenters. The fourth-order valence-corrected chi connectivity index (χ4v) is 1.50. The highest BCUT2D eigenvalue weighted by atomic mass is 19.1. The Morgan fingerprint density at radius 2 is 2.21 bits per heavy atom. The lowest BCUT2D eigenvalue weighted by atomic mass is 10.1. The number of fused-ring (bicyclic) bond motifs is 1. The van der Waals surface area contributed by atoms with E-state index in [4.69, 9.17) is 5.73 Å². The number of hydrogen-bond donors (Lipinski definition) is 1. The molecule has 0 aliphatic carbocycles. The largest absolute Gasteiger partial charge is 0.326 e. The second kappa shape index (κ2) is 3.35. The molecule has 2 N–H and O–H groups in total. The first-order valence-corrected chi connectivity index (χ1v) is 4.47. The van der Waals surface area contributed by atoms with Crippen LogP contribution in [0.3, 0.4) is 0 Å². The van der Waals surface area contributed by atoms with Gasteiger partial charge in [-0.1, -0.05) is 12.1 Å². The number of pyridine rings is 1.